The molecule has 3 rings (SSSR count). The Bertz CT molecular complexity index is 879. The molecule has 8 heteroatoms. The monoisotopic (exact) mass is 378 g/mol. The second-order valence-electron chi connectivity index (χ2n) is 6.30. The van der Waals surface area contributed by atoms with Crippen molar-refractivity contribution < 1.29 is 27.5 Å². The lowest BCUT2D eigenvalue weighted by Gasteiger charge is -2.33. The lowest BCUT2D eigenvalue weighted by molar-refractivity contribution is -0.167. The number of benzene rings is 2. The van der Waals surface area contributed by atoms with Crippen LogP contribution in [0.3, 0.4) is 0 Å². The van der Waals surface area contributed by atoms with Crippen LogP contribution in [-0.2, 0) is 16.1 Å². The van der Waals surface area contributed by atoms with Gasteiger partial charge in [0.05, 0.1) is 12.2 Å². The third kappa shape index (κ3) is 4.05. The summed E-state index contributed by atoms with van der Waals surface area (Å²) in [6.07, 6.45) is -5.73. The minimum atomic E-state index is -5.00. The zero-order valence-electron chi connectivity index (χ0n) is 14.6. The predicted octanol–water partition coefficient (Wildman–Crippen LogP) is 3.81. The van der Waals surface area contributed by atoms with Gasteiger partial charge in [0.2, 0.25) is 0 Å². The van der Waals surface area contributed by atoms with E-state index in [-0.39, 0.29) is 18.1 Å². The number of nitrogens with one attached hydrogen (secondary N) is 1. The third-order valence-electron chi connectivity index (χ3n) is 4.14. The number of anilines is 2. The Balaban J connectivity index is 1.93. The Labute approximate surface area is 153 Å². The Morgan fingerprint density at radius 1 is 1.19 bits per heavy atom. The summed E-state index contributed by atoms with van der Waals surface area (Å²) in [6, 6.07) is 11.6. The van der Waals surface area contributed by atoms with E-state index in [1.165, 1.54) is 23.1 Å². The predicted molar refractivity (Wildman–Crippen MR) is 93.6 cm³/mol. The Morgan fingerprint density at radius 3 is 2.48 bits per heavy atom. The van der Waals surface area contributed by atoms with Crippen molar-refractivity contribution in [1.29, 1.82) is 0 Å². The number of amides is 2. The minimum absolute atomic E-state index is 0.0732. The molecule has 2 amide bonds. The lowest BCUT2D eigenvalue weighted by atomic mass is 10.1. The van der Waals surface area contributed by atoms with Crippen molar-refractivity contribution in [1.82, 2.24) is 0 Å². The van der Waals surface area contributed by atoms with Gasteiger partial charge in [-0.1, -0.05) is 29.8 Å². The van der Waals surface area contributed by atoms with Gasteiger partial charge in [-0.05, 0) is 37.6 Å². The molecule has 142 valence electrons. The van der Waals surface area contributed by atoms with Crippen LogP contribution in [0.1, 0.15) is 18.1 Å². The van der Waals surface area contributed by atoms with Crippen molar-refractivity contribution in [3.63, 3.8) is 0 Å². The zero-order valence-corrected chi connectivity index (χ0v) is 14.6. The number of fused-ring (bicyclic) bond motifs is 1. The van der Waals surface area contributed by atoms with Gasteiger partial charge in [0.25, 0.3) is 5.91 Å². The highest BCUT2D eigenvalue weighted by Crippen LogP contribution is 2.37. The molecular weight excluding hydrogens is 361 g/mol. The molecule has 27 heavy (non-hydrogen) atoms. The smallest absolute Gasteiger partial charge is 0.471 e. The number of ether oxygens (including phenoxy) is 1. The summed E-state index contributed by atoms with van der Waals surface area (Å²) in [5.41, 5.74) is 2.16. The summed E-state index contributed by atoms with van der Waals surface area (Å²) in [5, 5.41) is 1.79. The fourth-order valence-corrected chi connectivity index (χ4v) is 2.73. The van der Waals surface area contributed by atoms with Crippen molar-refractivity contribution in [2.75, 3.05) is 10.2 Å². The average Bonchev–Trinajstić information content (AvgIpc) is 2.60. The van der Waals surface area contributed by atoms with Gasteiger partial charge in [0.15, 0.2) is 6.10 Å². The molecule has 0 radical (unpaired) electrons. The fourth-order valence-electron chi connectivity index (χ4n) is 2.73. The maximum atomic E-state index is 12.6. The average molecular weight is 378 g/mol. The van der Waals surface area contributed by atoms with Gasteiger partial charge in [0, 0.05) is 5.69 Å². The molecule has 5 nitrogen and oxygen atoms in total. The summed E-state index contributed by atoms with van der Waals surface area (Å²) < 4.78 is 43.0. The summed E-state index contributed by atoms with van der Waals surface area (Å²) in [7, 11) is 0. The molecule has 2 aromatic rings. The van der Waals surface area contributed by atoms with Gasteiger partial charge >= 0.3 is 12.1 Å². The summed E-state index contributed by atoms with van der Waals surface area (Å²) >= 11 is 0. The Morgan fingerprint density at radius 2 is 1.85 bits per heavy atom. The van der Waals surface area contributed by atoms with Crippen LogP contribution < -0.4 is 15.0 Å². The first-order valence-corrected chi connectivity index (χ1v) is 8.21. The van der Waals surface area contributed by atoms with Crippen molar-refractivity contribution in [3.05, 3.63) is 53.6 Å². The Hall–Kier alpha value is -3.03. The van der Waals surface area contributed by atoms with E-state index < -0.39 is 18.2 Å². The van der Waals surface area contributed by atoms with E-state index >= 15 is 0 Å². The largest absolute Gasteiger partial charge is 0.479 e. The van der Waals surface area contributed by atoms with Crippen LogP contribution in [0, 0.1) is 6.92 Å². The lowest BCUT2D eigenvalue weighted by Crippen LogP contribution is -2.44. The van der Waals surface area contributed by atoms with Crippen LogP contribution >= 0.6 is 0 Å². The van der Waals surface area contributed by atoms with Gasteiger partial charge in [-0.3, -0.25) is 9.59 Å². The van der Waals surface area contributed by atoms with Crippen LogP contribution in [0.5, 0.6) is 5.75 Å². The molecule has 1 N–H and O–H groups in total. The standard InChI is InChI=1S/C19H17F3N2O3/c1-11-3-5-13(6-4-11)10-24-15-9-14(23-18(26)19(20,21)22)7-8-16(15)27-12(2)17(24)25/h3-9,12H,10H2,1-2H3,(H,23,26). The number of halogens is 3. The van der Waals surface area contributed by atoms with Crippen LogP contribution in [0.15, 0.2) is 42.5 Å². The number of nitrogens with zero attached hydrogens (tertiary/aromatic N) is 1. The third-order valence-corrected chi connectivity index (χ3v) is 4.14. The molecule has 0 aromatic heterocycles. The number of carbonyl (C=O) groups excluding carboxylic acids is 2. The highest BCUT2D eigenvalue weighted by atomic mass is 19.4. The molecule has 1 atom stereocenters. The van der Waals surface area contributed by atoms with Crippen LogP contribution in [0.4, 0.5) is 24.5 Å². The summed E-state index contributed by atoms with van der Waals surface area (Å²) in [4.78, 5) is 25.2. The fraction of sp³-hybridized carbons (Fsp3) is 0.263. The van der Waals surface area contributed by atoms with Crippen LogP contribution in [0.2, 0.25) is 0 Å². The normalized spacial score (nSPS) is 16.6. The van der Waals surface area contributed by atoms with Gasteiger partial charge in [-0.25, -0.2) is 0 Å². The van der Waals surface area contributed by atoms with E-state index in [1.807, 2.05) is 31.2 Å². The molecule has 1 heterocycles. The quantitative estimate of drug-likeness (QED) is 0.884. The molecule has 2 aromatic carbocycles. The number of hydrogen-bond donors (Lipinski definition) is 1. The molecule has 0 fully saturated rings. The first kappa shape index (κ1) is 18.8. The van der Waals surface area contributed by atoms with Gasteiger partial charge in [-0.2, -0.15) is 13.2 Å². The van der Waals surface area contributed by atoms with Gasteiger partial charge in [0.1, 0.15) is 5.75 Å². The SMILES string of the molecule is Cc1ccc(CN2C(=O)C(C)Oc3ccc(NC(=O)C(F)(F)F)cc32)cc1. The number of aryl methyl sites for hydroxylation is 1. The van der Waals surface area contributed by atoms with Gasteiger partial charge < -0.3 is 15.0 Å². The van der Waals surface area contributed by atoms with E-state index in [0.29, 0.717) is 11.4 Å². The number of alkyl halides is 3. The van der Waals surface area contributed by atoms with Crippen molar-refractivity contribution in [3.8, 4) is 5.75 Å². The number of rotatable bonds is 3. The van der Waals surface area contributed by atoms with Crippen LogP contribution in [0.25, 0.3) is 0 Å². The summed E-state index contributed by atoms with van der Waals surface area (Å²) in [5.74, 6) is -2.04. The van der Waals surface area contributed by atoms with E-state index in [9.17, 15) is 22.8 Å². The van der Waals surface area contributed by atoms with E-state index in [2.05, 4.69) is 0 Å². The van der Waals surface area contributed by atoms with Gasteiger partial charge in [-0.15, -0.1) is 0 Å². The zero-order chi connectivity index (χ0) is 19.8. The molecule has 1 aliphatic heterocycles. The molecule has 0 aliphatic carbocycles. The highest BCUT2D eigenvalue weighted by molar-refractivity contribution is 6.01. The highest BCUT2D eigenvalue weighted by Gasteiger charge is 2.39. The van der Waals surface area contributed by atoms with Crippen molar-refractivity contribution in [2.45, 2.75) is 32.7 Å². The molecule has 0 bridgehead atoms. The van der Waals surface area contributed by atoms with Crippen molar-refractivity contribution >= 4 is 23.2 Å². The summed E-state index contributed by atoms with van der Waals surface area (Å²) in [6.45, 7) is 3.78. The maximum absolute atomic E-state index is 12.6. The maximum Gasteiger partial charge on any atom is 0.471 e. The number of hydrogen-bond acceptors (Lipinski definition) is 3. The first-order chi connectivity index (χ1) is 12.6. The molecule has 1 unspecified atom stereocenters. The Kier molecular flexibility index (Phi) is 4.82. The first-order valence-electron chi connectivity index (χ1n) is 8.21. The molecule has 1 aliphatic rings. The van der Waals surface area contributed by atoms with E-state index in [4.69, 9.17) is 4.74 Å². The molecule has 0 spiro atoms. The van der Waals surface area contributed by atoms with E-state index in [1.54, 1.807) is 12.2 Å². The molecule has 0 saturated carbocycles. The molecular formula is C19H17F3N2O3. The number of carbonyl (C=O) groups is 2. The van der Waals surface area contributed by atoms with Crippen LogP contribution in [-0.4, -0.2) is 24.1 Å². The van der Waals surface area contributed by atoms with Crippen molar-refractivity contribution in [2.24, 2.45) is 0 Å². The van der Waals surface area contributed by atoms with E-state index in [0.717, 1.165) is 11.1 Å². The second kappa shape index (κ2) is 6.94. The molecule has 0 saturated heterocycles. The minimum Gasteiger partial charge on any atom is -0.479 e. The second-order valence-corrected chi connectivity index (χ2v) is 6.30. The topological polar surface area (TPSA) is 58.6 Å².